The molecular weight excluding hydrogens is 238 g/mol. The summed E-state index contributed by atoms with van der Waals surface area (Å²) in [6.45, 7) is 5.67. The molecule has 0 radical (unpaired) electrons. The van der Waals surface area contributed by atoms with E-state index in [0.717, 1.165) is 30.0 Å². The van der Waals surface area contributed by atoms with Gasteiger partial charge in [0.05, 0.1) is 12.3 Å². The van der Waals surface area contributed by atoms with Crippen LogP contribution in [0.2, 0.25) is 0 Å². The predicted molar refractivity (Wildman–Crippen MR) is 78.5 cm³/mol. The van der Waals surface area contributed by atoms with Crippen molar-refractivity contribution in [3.63, 3.8) is 0 Å². The molecular formula is C15H21N3O. The Hall–Kier alpha value is -1.81. The largest absolute Gasteiger partial charge is 0.383 e. The average molecular weight is 259 g/mol. The molecule has 2 aromatic rings. The van der Waals surface area contributed by atoms with E-state index >= 15 is 0 Å². The van der Waals surface area contributed by atoms with Crippen LogP contribution in [-0.4, -0.2) is 30.5 Å². The zero-order valence-electron chi connectivity index (χ0n) is 11.8. The normalized spacial score (nSPS) is 10.7. The van der Waals surface area contributed by atoms with E-state index in [2.05, 4.69) is 53.6 Å². The van der Waals surface area contributed by atoms with Crippen LogP contribution in [0.5, 0.6) is 0 Å². The third-order valence-corrected chi connectivity index (χ3v) is 3.26. The maximum atomic E-state index is 5.02. The Morgan fingerprint density at radius 3 is 2.63 bits per heavy atom. The van der Waals surface area contributed by atoms with Crippen LogP contribution in [-0.2, 0) is 11.2 Å². The van der Waals surface area contributed by atoms with E-state index in [1.165, 1.54) is 11.1 Å². The fourth-order valence-corrected chi connectivity index (χ4v) is 2.03. The Morgan fingerprint density at radius 2 is 2.00 bits per heavy atom. The summed E-state index contributed by atoms with van der Waals surface area (Å²) in [5.41, 5.74) is 4.73. The highest BCUT2D eigenvalue weighted by molar-refractivity contribution is 5.68. The van der Waals surface area contributed by atoms with Gasteiger partial charge in [0.15, 0.2) is 5.82 Å². The zero-order valence-corrected chi connectivity index (χ0v) is 11.8. The summed E-state index contributed by atoms with van der Waals surface area (Å²) in [7, 11) is 1.69. The van der Waals surface area contributed by atoms with E-state index in [-0.39, 0.29) is 0 Å². The molecule has 2 rings (SSSR count). The van der Waals surface area contributed by atoms with Crippen molar-refractivity contribution < 1.29 is 4.74 Å². The number of benzene rings is 1. The third kappa shape index (κ3) is 3.15. The van der Waals surface area contributed by atoms with Crippen molar-refractivity contribution in [3.05, 3.63) is 35.4 Å². The molecule has 0 fully saturated rings. The summed E-state index contributed by atoms with van der Waals surface area (Å²) in [5, 5.41) is 10.7. The molecule has 102 valence electrons. The summed E-state index contributed by atoms with van der Waals surface area (Å²) in [6.07, 6.45) is 1.06. The smallest absolute Gasteiger partial charge is 0.151 e. The number of ether oxygens (including phenoxy) is 1. The number of methoxy groups -OCH3 is 1. The lowest BCUT2D eigenvalue weighted by Crippen LogP contribution is -2.08. The molecule has 0 saturated carbocycles. The zero-order chi connectivity index (χ0) is 13.7. The van der Waals surface area contributed by atoms with Crippen LogP contribution in [0.25, 0.3) is 11.3 Å². The summed E-state index contributed by atoms with van der Waals surface area (Å²) in [4.78, 5) is 0. The van der Waals surface area contributed by atoms with Crippen molar-refractivity contribution in [1.29, 1.82) is 0 Å². The lowest BCUT2D eigenvalue weighted by molar-refractivity contribution is 0.210. The molecule has 1 aromatic heterocycles. The van der Waals surface area contributed by atoms with Crippen LogP contribution in [0.15, 0.2) is 24.3 Å². The van der Waals surface area contributed by atoms with Crippen molar-refractivity contribution >= 4 is 5.82 Å². The Labute approximate surface area is 114 Å². The van der Waals surface area contributed by atoms with E-state index in [9.17, 15) is 0 Å². The third-order valence-electron chi connectivity index (χ3n) is 3.26. The Balaban J connectivity index is 2.15. The van der Waals surface area contributed by atoms with E-state index in [1.54, 1.807) is 7.11 Å². The summed E-state index contributed by atoms with van der Waals surface area (Å²) in [6, 6.07) is 8.60. The van der Waals surface area contributed by atoms with Crippen molar-refractivity contribution in [2.45, 2.75) is 20.3 Å². The molecule has 0 aliphatic heterocycles. The molecule has 19 heavy (non-hydrogen) atoms. The van der Waals surface area contributed by atoms with E-state index < -0.39 is 0 Å². The van der Waals surface area contributed by atoms with Crippen molar-refractivity contribution in [2.24, 2.45) is 0 Å². The van der Waals surface area contributed by atoms with Gasteiger partial charge in [-0.2, -0.15) is 5.10 Å². The number of aromatic amines is 1. The average Bonchev–Trinajstić information content (AvgIpc) is 2.81. The highest BCUT2D eigenvalue weighted by atomic mass is 16.5. The lowest BCUT2D eigenvalue weighted by Gasteiger charge is -2.04. The lowest BCUT2D eigenvalue weighted by atomic mass is 10.1. The summed E-state index contributed by atoms with van der Waals surface area (Å²) in [5.74, 6) is 0.895. The van der Waals surface area contributed by atoms with Crippen LogP contribution in [0, 0.1) is 6.92 Å². The van der Waals surface area contributed by atoms with Crippen LogP contribution in [0.1, 0.15) is 18.1 Å². The number of nitrogens with one attached hydrogen (secondary N) is 2. The molecule has 0 amide bonds. The monoisotopic (exact) mass is 259 g/mol. The molecule has 0 unspecified atom stereocenters. The molecule has 1 aromatic carbocycles. The van der Waals surface area contributed by atoms with Gasteiger partial charge in [-0.05, 0) is 24.5 Å². The van der Waals surface area contributed by atoms with E-state index in [4.69, 9.17) is 4.74 Å². The van der Waals surface area contributed by atoms with Crippen LogP contribution in [0.3, 0.4) is 0 Å². The minimum atomic E-state index is 0.673. The maximum absolute atomic E-state index is 5.02. The molecule has 0 aliphatic rings. The summed E-state index contributed by atoms with van der Waals surface area (Å²) < 4.78 is 5.02. The SMILES string of the molecule is CCc1ccc(-c2[nH]nc(NCCOC)c2C)cc1. The first-order chi connectivity index (χ1) is 9.26. The number of aryl methyl sites for hydroxylation is 1. The quantitative estimate of drug-likeness (QED) is 0.784. The fourth-order valence-electron chi connectivity index (χ4n) is 2.03. The highest BCUT2D eigenvalue weighted by Gasteiger charge is 2.10. The van der Waals surface area contributed by atoms with Crippen molar-refractivity contribution in [2.75, 3.05) is 25.6 Å². The van der Waals surface area contributed by atoms with Crippen LogP contribution in [0.4, 0.5) is 5.82 Å². The first-order valence-electron chi connectivity index (χ1n) is 6.63. The Bertz CT molecular complexity index is 517. The molecule has 2 N–H and O–H groups in total. The second-order valence-corrected chi connectivity index (χ2v) is 4.54. The van der Waals surface area contributed by atoms with Crippen LogP contribution >= 0.6 is 0 Å². The van der Waals surface area contributed by atoms with Gasteiger partial charge in [-0.1, -0.05) is 31.2 Å². The van der Waals surface area contributed by atoms with Crippen molar-refractivity contribution in [1.82, 2.24) is 10.2 Å². The highest BCUT2D eigenvalue weighted by Crippen LogP contribution is 2.25. The predicted octanol–water partition coefficient (Wildman–Crippen LogP) is 3.01. The molecule has 4 heteroatoms. The minimum Gasteiger partial charge on any atom is -0.383 e. The molecule has 0 aliphatic carbocycles. The van der Waals surface area contributed by atoms with Gasteiger partial charge >= 0.3 is 0 Å². The second kappa shape index (κ2) is 6.38. The first-order valence-corrected chi connectivity index (χ1v) is 6.63. The fraction of sp³-hybridized carbons (Fsp3) is 0.400. The Morgan fingerprint density at radius 1 is 1.26 bits per heavy atom. The number of rotatable bonds is 6. The number of H-pyrrole nitrogens is 1. The molecule has 0 atom stereocenters. The first kappa shape index (κ1) is 13.6. The van der Waals surface area contributed by atoms with Gasteiger partial charge in [-0.15, -0.1) is 0 Å². The number of anilines is 1. The molecule has 0 bridgehead atoms. The van der Waals surface area contributed by atoms with Gasteiger partial charge < -0.3 is 10.1 Å². The second-order valence-electron chi connectivity index (χ2n) is 4.54. The summed E-state index contributed by atoms with van der Waals surface area (Å²) >= 11 is 0. The number of hydrogen-bond acceptors (Lipinski definition) is 3. The molecule has 0 saturated heterocycles. The van der Waals surface area contributed by atoms with Crippen molar-refractivity contribution in [3.8, 4) is 11.3 Å². The minimum absolute atomic E-state index is 0.673. The van der Waals surface area contributed by atoms with Gasteiger partial charge in [0, 0.05) is 19.2 Å². The maximum Gasteiger partial charge on any atom is 0.151 e. The standard InChI is InChI=1S/C15H21N3O/c1-4-12-5-7-13(8-6-12)14-11(2)15(18-17-14)16-9-10-19-3/h5-8H,4,9-10H2,1-3H3,(H2,16,17,18). The van der Waals surface area contributed by atoms with E-state index in [0.29, 0.717) is 6.61 Å². The van der Waals surface area contributed by atoms with E-state index in [1.807, 2.05) is 0 Å². The van der Waals surface area contributed by atoms with Gasteiger partial charge in [-0.3, -0.25) is 5.10 Å². The number of hydrogen-bond donors (Lipinski definition) is 2. The van der Waals surface area contributed by atoms with Crippen LogP contribution < -0.4 is 5.32 Å². The topological polar surface area (TPSA) is 49.9 Å². The number of aromatic nitrogens is 2. The van der Waals surface area contributed by atoms with Gasteiger partial charge in [0.1, 0.15) is 0 Å². The van der Waals surface area contributed by atoms with Gasteiger partial charge in [0.2, 0.25) is 0 Å². The van der Waals surface area contributed by atoms with Gasteiger partial charge in [-0.25, -0.2) is 0 Å². The molecule has 1 heterocycles. The van der Waals surface area contributed by atoms with Gasteiger partial charge in [0.25, 0.3) is 0 Å². The Kier molecular flexibility index (Phi) is 4.58. The number of nitrogens with zero attached hydrogens (tertiary/aromatic N) is 1. The molecule has 0 spiro atoms. The molecule has 4 nitrogen and oxygen atoms in total.